The molecule has 21 heavy (non-hydrogen) atoms. The number of fused-ring (bicyclic) bond motifs is 2. The monoisotopic (exact) mass is 318 g/mol. The number of nitrogens with one attached hydrogen (secondary N) is 1. The van der Waals surface area contributed by atoms with E-state index in [1.165, 1.54) is 6.07 Å². The standard InChI is InChI=1S/C15H18ClF3N2/c1-20-10-7-11-3-4-12(8-10)21(11)14-5-2-9(6-13(14)16)15(17,18)19/h2,5-6,10-12,20H,3-4,7-8H2,1H3. The lowest BCUT2D eigenvalue weighted by atomic mass is 9.96. The molecule has 2 aliphatic rings. The molecule has 2 unspecified atom stereocenters. The lowest BCUT2D eigenvalue weighted by Crippen LogP contribution is -2.48. The number of hydrogen-bond donors (Lipinski definition) is 1. The third kappa shape index (κ3) is 2.73. The third-order valence-electron chi connectivity index (χ3n) is 4.69. The van der Waals surface area contributed by atoms with E-state index in [4.69, 9.17) is 11.6 Å². The van der Waals surface area contributed by atoms with Crippen LogP contribution < -0.4 is 10.2 Å². The fourth-order valence-electron chi connectivity index (χ4n) is 3.70. The fourth-order valence-corrected chi connectivity index (χ4v) is 3.98. The highest BCUT2D eigenvalue weighted by molar-refractivity contribution is 6.33. The lowest BCUT2D eigenvalue weighted by Gasteiger charge is -2.41. The Balaban J connectivity index is 1.88. The summed E-state index contributed by atoms with van der Waals surface area (Å²) in [5, 5.41) is 3.51. The van der Waals surface area contributed by atoms with Crippen LogP contribution in [-0.2, 0) is 6.18 Å². The summed E-state index contributed by atoms with van der Waals surface area (Å²) < 4.78 is 38.2. The first-order valence-corrected chi connectivity index (χ1v) is 7.60. The van der Waals surface area contributed by atoms with Gasteiger partial charge in [-0.25, -0.2) is 0 Å². The second kappa shape index (κ2) is 5.36. The minimum absolute atomic E-state index is 0.199. The van der Waals surface area contributed by atoms with Crippen molar-refractivity contribution in [2.45, 2.75) is 50.0 Å². The number of piperidine rings is 1. The minimum Gasteiger partial charge on any atom is -0.364 e. The topological polar surface area (TPSA) is 15.3 Å². The van der Waals surface area contributed by atoms with Crippen molar-refractivity contribution in [3.63, 3.8) is 0 Å². The second-order valence-corrected chi connectivity index (χ2v) is 6.32. The van der Waals surface area contributed by atoms with Crippen LogP contribution in [0.1, 0.15) is 31.2 Å². The maximum absolute atomic E-state index is 12.7. The number of anilines is 1. The molecule has 2 fully saturated rings. The van der Waals surface area contributed by atoms with E-state index in [1.54, 1.807) is 0 Å². The van der Waals surface area contributed by atoms with Crippen LogP contribution in [0.5, 0.6) is 0 Å². The quantitative estimate of drug-likeness (QED) is 0.884. The smallest absolute Gasteiger partial charge is 0.364 e. The summed E-state index contributed by atoms with van der Waals surface area (Å²) in [5.74, 6) is 0. The highest BCUT2D eigenvalue weighted by Crippen LogP contribution is 2.43. The molecule has 0 radical (unpaired) electrons. The Bertz CT molecular complexity index is 518. The van der Waals surface area contributed by atoms with Crippen LogP contribution in [-0.4, -0.2) is 25.2 Å². The Morgan fingerprint density at radius 3 is 2.29 bits per heavy atom. The summed E-state index contributed by atoms with van der Waals surface area (Å²) in [7, 11) is 1.96. The third-order valence-corrected chi connectivity index (χ3v) is 5.00. The molecular weight excluding hydrogens is 301 g/mol. The van der Waals surface area contributed by atoms with Gasteiger partial charge < -0.3 is 10.2 Å². The first kappa shape index (κ1) is 15.0. The first-order valence-electron chi connectivity index (χ1n) is 7.22. The van der Waals surface area contributed by atoms with Gasteiger partial charge in [0.05, 0.1) is 16.3 Å². The SMILES string of the molecule is CNC1CC2CCC(C1)N2c1ccc(C(F)(F)F)cc1Cl. The zero-order valence-electron chi connectivity index (χ0n) is 11.8. The molecule has 0 saturated carbocycles. The molecule has 116 valence electrons. The van der Waals surface area contributed by atoms with Crippen molar-refractivity contribution in [3.8, 4) is 0 Å². The number of hydrogen-bond acceptors (Lipinski definition) is 2. The molecule has 6 heteroatoms. The predicted octanol–water partition coefficient (Wildman–Crippen LogP) is 4.08. The van der Waals surface area contributed by atoms with Crippen LogP contribution in [0.25, 0.3) is 0 Å². The van der Waals surface area contributed by atoms with E-state index in [2.05, 4.69) is 10.2 Å². The highest BCUT2D eigenvalue weighted by atomic mass is 35.5. The minimum atomic E-state index is -4.35. The Morgan fingerprint density at radius 1 is 1.19 bits per heavy atom. The number of benzene rings is 1. The van der Waals surface area contributed by atoms with Gasteiger partial charge in [-0.05, 0) is 50.9 Å². The van der Waals surface area contributed by atoms with E-state index in [0.717, 1.165) is 43.5 Å². The molecule has 1 aromatic rings. The molecule has 0 spiro atoms. The number of halogens is 4. The van der Waals surface area contributed by atoms with Crippen molar-refractivity contribution >= 4 is 17.3 Å². The first-order chi connectivity index (χ1) is 9.90. The predicted molar refractivity (Wildman–Crippen MR) is 77.8 cm³/mol. The van der Waals surface area contributed by atoms with Gasteiger partial charge in [-0.1, -0.05) is 11.6 Å². The molecule has 3 rings (SSSR count). The number of alkyl halides is 3. The van der Waals surface area contributed by atoms with Crippen molar-refractivity contribution in [1.82, 2.24) is 5.32 Å². The fraction of sp³-hybridized carbons (Fsp3) is 0.600. The van der Waals surface area contributed by atoms with E-state index < -0.39 is 11.7 Å². The second-order valence-electron chi connectivity index (χ2n) is 5.91. The van der Waals surface area contributed by atoms with E-state index in [1.807, 2.05) is 7.05 Å². The summed E-state index contributed by atoms with van der Waals surface area (Å²) >= 11 is 6.14. The van der Waals surface area contributed by atoms with E-state index in [-0.39, 0.29) is 5.02 Å². The average molecular weight is 319 g/mol. The van der Waals surface area contributed by atoms with Gasteiger partial charge in [0.15, 0.2) is 0 Å². The maximum Gasteiger partial charge on any atom is 0.416 e. The van der Waals surface area contributed by atoms with E-state index in [9.17, 15) is 13.2 Å². The zero-order chi connectivity index (χ0) is 15.2. The van der Waals surface area contributed by atoms with Crippen LogP contribution in [0, 0.1) is 0 Å². The lowest BCUT2D eigenvalue weighted by molar-refractivity contribution is -0.137. The van der Waals surface area contributed by atoms with Gasteiger partial charge in [0.1, 0.15) is 0 Å². The number of rotatable bonds is 2. The van der Waals surface area contributed by atoms with Crippen LogP contribution in [0.3, 0.4) is 0 Å². The summed E-state index contributed by atoms with van der Waals surface area (Å²) in [5.41, 5.74) is 0.0560. The average Bonchev–Trinajstić information content (AvgIpc) is 2.68. The van der Waals surface area contributed by atoms with Gasteiger partial charge in [0, 0.05) is 18.1 Å². The van der Waals surface area contributed by atoms with Crippen molar-refractivity contribution in [2.24, 2.45) is 0 Å². The van der Waals surface area contributed by atoms with Crippen LogP contribution in [0.15, 0.2) is 18.2 Å². The molecule has 1 N–H and O–H groups in total. The molecule has 2 nitrogen and oxygen atoms in total. The molecule has 1 aromatic carbocycles. The summed E-state index contributed by atoms with van der Waals surface area (Å²) in [6.07, 6.45) is -0.143. The number of nitrogens with zero attached hydrogens (tertiary/aromatic N) is 1. The van der Waals surface area contributed by atoms with Crippen LogP contribution in [0.2, 0.25) is 5.02 Å². The maximum atomic E-state index is 12.7. The molecule has 2 aliphatic heterocycles. The highest BCUT2D eigenvalue weighted by Gasteiger charge is 2.41. The van der Waals surface area contributed by atoms with Gasteiger partial charge in [-0.3, -0.25) is 0 Å². The normalized spacial score (nSPS) is 29.0. The summed E-state index contributed by atoms with van der Waals surface area (Å²) in [4.78, 5) is 2.23. The van der Waals surface area contributed by atoms with E-state index in [0.29, 0.717) is 18.1 Å². The molecule has 2 saturated heterocycles. The molecular formula is C15H18ClF3N2. The molecule has 2 bridgehead atoms. The van der Waals surface area contributed by atoms with Gasteiger partial charge in [0.25, 0.3) is 0 Å². The van der Waals surface area contributed by atoms with Crippen molar-refractivity contribution < 1.29 is 13.2 Å². The van der Waals surface area contributed by atoms with Gasteiger partial charge >= 0.3 is 6.18 Å². The Hall–Kier alpha value is -0.940. The Morgan fingerprint density at radius 2 is 1.81 bits per heavy atom. The Kier molecular flexibility index (Phi) is 3.82. The molecule has 0 aliphatic carbocycles. The largest absolute Gasteiger partial charge is 0.416 e. The van der Waals surface area contributed by atoms with Gasteiger partial charge in [-0.15, -0.1) is 0 Å². The summed E-state index contributed by atoms with van der Waals surface area (Å²) in [6.45, 7) is 0. The van der Waals surface area contributed by atoms with Crippen molar-refractivity contribution in [1.29, 1.82) is 0 Å². The molecule has 0 amide bonds. The summed E-state index contributed by atoms with van der Waals surface area (Å²) in [6, 6.07) is 4.93. The van der Waals surface area contributed by atoms with Crippen molar-refractivity contribution in [3.05, 3.63) is 28.8 Å². The Labute approximate surface area is 127 Å². The molecule has 2 atom stereocenters. The van der Waals surface area contributed by atoms with Gasteiger partial charge in [0.2, 0.25) is 0 Å². The zero-order valence-corrected chi connectivity index (χ0v) is 12.5. The molecule has 2 heterocycles. The van der Waals surface area contributed by atoms with E-state index >= 15 is 0 Å². The van der Waals surface area contributed by atoms with Crippen molar-refractivity contribution in [2.75, 3.05) is 11.9 Å². The molecule has 0 aromatic heterocycles. The van der Waals surface area contributed by atoms with Crippen LogP contribution >= 0.6 is 11.6 Å². The van der Waals surface area contributed by atoms with Crippen LogP contribution in [0.4, 0.5) is 18.9 Å². The van der Waals surface area contributed by atoms with Gasteiger partial charge in [-0.2, -0.15) is 13.2 Å².